The first kappa shape index (κ1) is 11.4. The average molecular weight is 203 g/mol. The van der Waals surface area contributed by atoms with E-state index in [1.54, 1.807) is 6.92 Å². The van der Waals surface area contributed by atoms with Gasteiger partial charge in [0, 0.05) is 6.54 Å². The largest absolute Gasteiger partial charge is 0.465 e. The first-order chi connectivity index (χ1) is 6.83. The third kappa shape index (κ3) is 4.55. The minimum absolute atomic E-state index is 0.151. The number of carbonyl (C=O) groups is 1. The van der Waals surface area contributed by atoms with Gasteiger partial charge in [-0.05, 0) is 13.3 Å². The predicted octanol–water partition coefficient (Wildman–Crippen LogP) is -0.0979. The Morgan fingerprint density at radius 3 is 3.14 bits per heavy atom. The van der Waals surface area contributed by atoms with E-state index in [0.717, 1.165) is 13.0 Å². The third-order valence-corrected chi connectivity index (χ3v) is 1.92. The smallest absolute Gasteiger partial charge is 0.319 e. The van der Waals surface area contributed by atoms with Gasteiger partial charge in [0.15, 0.2) is 0 Å². The van der Waals surface area contributed by atoms with E-state index in [0.29, 0.717) is 19.9 Å². The van der Waals surface area contributed by atoms with E-state index in [1.807, 2.05) is 0 Å². The van der Waals surface area contributed by atoms with E-state index in [2.05, 4.69) is 5.32 Å². The quantitative estimate of drug-likeness (QED) is 0.632. The van der Waals surface area contributed by atoms with Crippen molar-refractivity contribution in [2.75, 3.05) is 33.1 Å². The lowest BCUT2D eigenvalue weighted by atomic mass is 10.2. The maximum absolute atomic E-state index is 10.9. The molecule has 0 radical (unpaired) electrons. The molecule has 1 rings (SSSR count). The van der Waals surface area contributed by atoms with Crippen molar-refractivity contribution in [1.82, 2.24) is 5.32 Å². The zero-order chi connectivity index (χ0) is 10.2. The Morgan fingerprint density at radius 2 is 2.50 bits per heavy atom. The first-order valence-corrected chi connectivity index (χ1v) is 4.88. The standard InChI is InChI=1S/C9H17NO4/c1-2-13-9(11)6-10-5-8-3-4-12-7-14-8/h8,10H,2-7H2,1H3. The number of esters is 1. The molecule has 1 heterocycles. The van der Waals surface area contributed by atoms with Gasteiger partial charge in [0.1, 0.15) is 6.79 Å². The summed E-state index contributed by atoms with van der Waals surface area (Å²) in [5.41, 5.74) is 0. The summed E-state index contributed by atoms with van der Waals surface area (Å²) >= 11 is 0. The van der Waals surface area contributed by atoms with Crippen molar-refractivity contribution >= 4 is 5.97 Å². The molecule has 0 aliphatic carbocycles. The topological polar surface area (TPSA) is 56.8 Å². The van der Waals surface area contributed by atoms with Crippen LogP contribution < -0.4 is 5.32 Å². The zero-order valence-corrected chi connectivity index (χ0v) is 8.45. The number of carbonyl (C=O) groups excluding carboxylic acids is 1. The molecule has 14 heavy (non-hydrogen) atoms. The van der Waals surface area contributed by atoms with Crippen LogP contribution >= 0.6 is 0 Å². The third-order valence-electron chi connectivity index (χ3n) is 1.92. The summed E-state index contributed by atoms with van der Waals surface area (Å²) in [5.74, 6) is -0.223. The molecule has 5 heteroatoms. The summed E-state index contributed by atoms with van der Waals surface area (Å²) in [6.45, 7) is 4.21. The van der Waals surface area contributed by atoms with E-state index < -0.39 is 0 Å². The van der Waals surface area contributed by atoms with Crippen LogP contribution in [-0.2, 0) is 19.0 Å². The van der Waals surface area contributed by atoms with Gasteiger partial charge in [-0.15, -0.1) is 0 Å². The van der Waals surface area contributed by atoms with E-state index in [1.165, 1.54) is 0 Å². The molecular formula is C9H17NO4. The Morgan fingerprint density at radius 1 is 1.64 bits per heavy atom. The van der Waals surface area contributed by atoms with Gasteiger partial charge in [0.25, 0.3) is 0 Å². The number of nitrogens with one attached hydrogen (secondary N) is 1. The van der Waals surface area contributed by atoms with Crippen LogP contribution in [0.4, 0.5) is 0 Å². The van der Waals surface area contributed by atoms with Crippen LogP contribution in [0.1, 0.15) is 13.3 Å². The van der Waals surface area contributed by atoms with Crippen LogP contribution in [-0.4, -0.2) is 45.2 Å². The van der Waals surface area contributed by atoms with Crippen molar-refractivity contribution < 1.29 is 19.0 Å². The summed E-state index contributed by atoms with van der Waals surface area (Å²) in [6.07, 6.45) is 1.02. The molecule has 5 nitrogen and oxygen atoms in total. The van der Waals surface area contributed by atoms with Gasteiger partial charge in [-0.1, -0.05) is 0 Å². The lowest BCUT2D eigenvalue weighted by Crippen LogP contribution is -2.36. The molecule has 0 spiro atoms. The summed E-state index contributed by atoms with van der Waals surface area (Å²) < 4.78 is 15.1. The molecule has 0 aromatic carbocycles. The Kier molecular flexibility index (Phi) is 5.51. The molecule has 1 fully saturated rings. The van der Waals surface area contributed by atoms with Crippen molar-refractivity contribution in [3.05, 3.63) is 0 Å². The summed E-state index contributed by atoms with van der Waals surface area (Å²) in [4.78, 5) is 10.9. The van der Waals surface area contributed by atoms with Crippen LogP contribution in [0.25, 0.3) is 0 Å². The van der Waals surface area contributed by atoms with Gasteiger partial charge in [-0.25, -0.2) is 0 Å². The molecule has 1 N–H and O–H groups in total. The van der Waals surface area contributed by atoms with Crippen molar-refractivity contribution in [1.29, 1.82) is 0 Å². The minimum atomic E-state index is -0.223. The molecule has 1 aliphatic rings. The SMILES string of the molecule is CCOC(=O)CNCC1CCOCO1. The molecule has 1 saturated heterocycles. The maximum Gasteiger partial charge on any atom is 0.319 e. The highest BCUT2D eigenvalue weighted by Gasteiger charge is 2.13. The van der Waals surface area contributed by atoms with Gasteiger partial charge in [-0.3, -0.25) is 4.79 Å². The summed E-state index contributed by atoms with van der Waals surface area (Å²) in [7, 11) is 0. The van der Waals surface area contributed by atoms with Crippen LogP contribution in [0.2, 0.25) is 0 Å². The van der Waals surface area contributed by atoms with Crippen LogP contribution in [0, 0.1) is 0 Å². The molecule has 1 atom stereocenters. The molecular weight excluding hydrogens is 186 g/mol. The van der Waals surface area contributed by atoms with E-state index in [-0.39, 0.29) is 18.6 Å². The van der Waals surface area contributed by atoms with Gasteiger partial charge >= 0.3 is 5.97 Å². The number of ether oxygens (including phenoxy) is 3. The fourth-order valence-corrected chi connectivity index (χ4v) is 1.21. The van der Waals surface area contributed by atoms with Crippen LogP contribution in [0.5, 0.6) is 0 Å². The predicted molar refractivity (Wildman–Crippen MR) is 49.8 cm³/mol. The number of hydrogen-bond acceptors (Lipinski definition) is 5. The van der Waals surface area contributed by atoms with Crippen LogP contribution in [0.15, 0.2) is 0 Å². The molecule has 0 aromatic heterocycles. The highest BCUT2D eigenvalue weighted by atomic mass is 16.7. The fourth-order valence-electron chi connectivity index (χ4n) is 1.21. The fraction of sp³-hybridized carbons (Fsp3) is 0.889. The molecule has 0 saturated carbocycles. The number of rotatable bonds is 5. The lowest BCUT2D eigenvalue weighted by Gasteiger charge is -2.22. The highest BCUT2D eigenvalue weighted by Crippen LogP contribution is 2.03. The molecule has 1 aliphatic heterocycles. The normalized spacial score (nSPS) is 21.9. The van der Waals surface area contributed by atoms with Gasteiger partial charge in [-0.2, -0.15) is 0 Å². The van der Waals surface area contributed by atoms with Crippen molar-refractivity contribution in [3.8, 4) is 0 Å². The molecule has 0 amide bonds. The molecule has 82 valence electrons. The Balaban J connectivity index is 1.99. The van der Waals surface area contributed by atoms with Gasteiger partial charge in [0.2, 0.25) is 0 Å². The monoisotopic (exact) mass is 203 g/mol. The Hall–Kier alpha value is -0.650. The second-order valence-electron chi connectivity index (χ2n) is 3.04. The maximum atomic E-state index is 10.9. The number of hydrogen-bond donors (Lipinski definition) is 1. The lowest BCUT2D eigenvalue weighted by molar-refractivity contribution is -0.144. The van der Waals surface area contributed by atoms with Crippen LogP contribution in [0.3, 0.4) is 0 Å². The molecule has 0 bridgehead atoms. The zero-order valence-electron chi connectivity index (χ0n) is 8.45. The first-order valence-electron chi connectivity index (χ1n) is 4.88. The van der Waals surface area contributed by atoms with Crippen molar-refractivity contribution in [2.24, 2.45) is 0 Å². The Labute approximate surface area is 83.7 Å². The van der Waals surface area contributed by atoms with Crippen molar-refractivity contribution in [2.45, 2.75) is 19.4 Å². The van der Waals surface area contributed by atoms with E-state index >= 15 is 0 Å². The Bertz CT molecular complexity index is 168. The second kappa shape index (κ2) is 6.75. The van der Waals surface area contributed by atoms with Crippen molar-refractivity contribution in [3.63, 3.8) is 0 Å². The average Bonchev–Trinajstić information content (AvgIpc) is 2.20. The molecule has 0 aromatic rings. The summed E-state index contributed by atoms with van der Waals surface area (Å²) in [6, 6.07) is 0. The molecule has 1 unspecified atom stereocenters. The van der Waals surface area contributed by atoms with Gasteiger partial charge < -0.3 is 19.5 Å². The summed E-state index contributed by atoms with van der Waals surface area (Å²) in [5, 5.41) is 2.98. The highest BCUT2D eigenvalue weighted by molar-refractivity contribution is 5.71. The van der Waals surface area contributed by atoms with E-state index in [4.69, 9.17) is 14.2 Å². The minimum Gasteiger partial charge on any atom is -0.465 e. The second-order valence-corrected chi connectivity index (χ2v) is 3.04. The van der Waals surface area contributed by atoms with Gasteiger partial charge in [0.05, 0.1) is 25.9 Å². The van der Waals surface area contributed by atoms with E-state index in [9.17, 15) is 4.79 Å².